The second kappa shape index (κ2) is 7.80. The Kier molecular flexibility index (Phi) is 8.12. The molecule has 0 aliphatic heterocycles. The molecule has 0 rings (SSSR count). The van der Waals surface area contributed by atoms with Gasteiger partial charge in [-0.15, -0.1) is 0 Å². The van der Waals surface area contributed by atoms with Crippen LogP contribution < -0.4 is 0 Å². The third-order valence-electron chi connectivity index (χ3n) is 2.18. The molecule has 0 saturated heterocycles. The maximum atomic E-state index is 10.3. The van der Waals surface area contributed by atoms with Crippen molar-refractivity contribution in [3.8, 4) is 0 Å². The molecule has 0 atom stereocenters. The van der Waals surface area contributed by atoms with E-state index in [-0.39, 0.29) is 5.92 Å². The first-order valence-electron chi connectivity index (χ1n) is 5.51. The zero-order chi connectivity index (χ0) is 15.9. The number of rotatable bonds is 5. The minimum Gasteiger partial charge on any atom is -0.450 e. The van der Waals surface area contributed by atoms with E-state index in [0.29, 0.717) is 0 Å². The quantitative estimate of drug-likeness (QED) is 0.304. The molecule has 114 valence electrons. The fourth-order valence-electron chi connectivity index (χ4n) is 0.531. The van der Waals surface area contributed by atoms with E-state index in [0.717, 1.165) is 0 Å². The van der Waals surface area contributed by atoms with Gasteiger partial charge in [0.15, 0.2) is 0 Å². The first-order chi connectivity index (χ1) is 8.30. The van der Waals surface area contributed by atoms with Gasteiger partial charge in [-0.1, -0.05) is 13.8 Å². The number of carboxylic acid groups (broad SMARTS) is 3. The Labute approximate surface area is 111 Å². The van der Waals surface area contributed by atoms with Crippen LogP contribution in [-0.4, -0.2) is 39.0 Å². The van der Waals surface area contributed by atoms with Crippen LogP contribution in [0, 0.1) is 5.92 Å². The van der Waals surface area contributed by atoms with Crippen molar-refractivity contribution >= 4 is 12.3 Å². The summed E-state index contributed by atoms with van der Waals surface area (Å²) in [5.74, 6) is -1.07. The largest absolute Gasteiger partial charge is 0.508 e. The Morgan fingerprint density at radius 1 is 0.947 bits per heavy atom. The average molecular weight is 282 g/mol. The smallest absolute Gasteiger partial charge is 0.450 e. The van der Waals surface area contributed by atoms with Gasteiger partial charge < -0.3 is 20.1 Å². The lowest BCUT2D eigenvalue weighted by atomic mass is 9.95. The fraction of sp³-hybridized carbons (Fsp3) is 0.818. The molecule has 0 aromatic carbocycles. The number of hydrogen-bond acceptors (Lipinski definition) is 5. The van der Waals surface area contributed by atoms with Crippen LogP contribution in [-0.2, 0) is 14.5 Å². The molecule has 0 fully saturated rings. The summed E-state index contributed by atoms with van der Waals surface area (Å²) in [6, 6.07) is 0. The molecule has 0 bridgehead atoms. The van der Waals surface area contributed by atoms with Gasteiger partial charge in [0.2, 0.25) is 5.79 Å². The first-order valence-corrected chi connectivity index (χ1v) is 5.51. The summed E-state index contributed by atoms with van der Waals surface area (Å²) >= 11 is 0. The van der Waals surface area contributed by atoms with Crippen molar-refractivity contribution in [3.63, 3.8) is 0 Å². The van der Waals surface area contributed by atoms with Crippen molar-refractivity contribution in [3.05, 3.63) is 0 Å². The van der Waals surface area contributed by atoms with Crippen LogP contribution in [0.25, 0.3) is 0 Å². The van der Waals surface area contributed by atoms with Crippen molar-refractivity contribution in [2.75, 3.05) is 0 Å². The zero-order valence-electron chi connectivity index (χ0n) is 12.0. The zero-order valence-corrected chi connectivity index (χ0v) is 12.0. The van der Waals surface area contributed by atoms with Gasteiger partial charge in [0.05, 0.1) is 0 Å². The number of hydrogen-bond donors (Lipinski definition) is 3. The van der Waals surface area contributed by atoms with Crippen molar-refractivity contribution in [2.24, 2.45) is 5.92 Å². The molecule has 0 spiro atoms. The Morgan fingerprint density at radius 2 is 1.32 bits per heavy atom. The minimum absolute atomic E-state index is 0.234. The lowest BCUT2D eigenvalue weighted by molar-refractivity contribution is -0.448. The lowest BCUT2D eigenvalue weighted by Gasteiger charge is -2.31. The molecule has 0 radical (unpaired) electrons. The van der Waals surface area contributed by atoms with E-state index in [1.807, 2.05) is 27.7 Å². The van der Waals surface area contributed by atoms with E-state index in [1.54, 1.807) is 0 Å². The highest BCUT2D eigenvalue weighted by Gasteiger charge is 2.31. The third-order valence-corrected chi connectivity index (χ3v) is 2.18. The van der Waals surface area contributed by atoms with Crippen LogP contribution in [0.1, 0.15) is 41.5 Å². The molecule has 3 N–H and O–H groups in total. The second-order valence-corrected chi connectivity index (χ2v) is 4.98. The van der Waals surface area contributed by atoms with Crippen molar-refractivity contribution < 1.29 is 39.4 Å². The molecule has 0 amide bonds. The van der Waals surface area contributed by atoms with Gasteiger partial charge >= 0.3 is 12.3 Å². The Balaban J connectivity index is 0. The summed E-state index contributed by atoms with van der Waals surface area (Å²) in [7, 11) is 0. The highest BCUT2D eigenvalue weighted by molar-refractivity contribution is 5.57. The van der Waals surface area contributed by atoms with Crippen molar-refractivity contribution in [2.45, 2.75) is 52.9 Å². The predicted molar refractivity (Wildman–Crippen MR) is 64.9 cm³/mol. The van der Waals surface area contributed by atoms with Crippen molar-refractivity contribution in [1.29, 1.82) is 0 Å². The minimum atomic E-state index is -1.83. The molecule has 0 unspecified atom stereocenters. The average Bonchev–Trinajstić information content (AvgIpc) is 2.12. The normalized spacial score (nSPS) is 11.5. The molecule has 0 aromatic rings. The van der Waals surface area contributed by atoms with Crippen LogP contribution in [0.5, 0.6) is 0 Å². The van der Waals surface area contributed by atoms with E-state index in [9.17, 15) is 4.79 Å². The molecular formula is C11H22O8. The summed E-state index contributed by atoms with van der Waals surface area (Å²) in [5.41, 5.74) is -0.501. The summed E-state index contributed by atoms with van der Waals surface area (Å²) in [6.45, 7) is 10.6. The SMILES string of the molecule is CC(C)C(C)(C)OOC(C)(C)OC(=O)O.O=C(O)O. The van der Waals surface area contributed by atoms with Gasteiger partial charge in [-0.25, -0.2) is 14.5 Å². The van der Waals surface area contributed by atoms with Gasteiger partial charge in [-0.2, -0.15) is 4.89 Å². The molecule has 0 saturated carbocycles. The third kappa shape index (κ3) is 12.7. The summed E-state index contributed by atoms with van der Waals surface area (Å²) in [6.07, 6.45) is -3.23. The number of carbonyl (C=O) groups is 2. The van der Waals surface area contributed by atoms with Crippen LogP contribution >= 0.6 is 0 Å². The second-order valence-electron chi connectivity index (χ2n) is 4.98. The van der Waals surface area contributed by atoms with E-state index >= 15 is 0 Å². The summed E-state index contributed by atoms with van der Waals surface area (Å²) in [5, 5.41) is 22.4. The van der Waals surface area contributed by atoms with E-state index in [1.165, 1.54) is 13.8 Å². The number of ether oxygens (including phenoxy) is 1. The van der Waals surface area contributed by atoms with Gasteiger partial charge in [-0.3, -0.25) is 0 Å². The molecule has 0 aliphatic carbocycles. The molecule has 8 nitrogen and oxygen atoms in total. The molecule has 19 heavy (non-hydrogen) atoms. The van der Waals surface area contributed by atoms with Gasteiger partial charge in [0.1, 0.15) is 5.60 Å². The van der Waals surface area contributed by atoms with E-state index < -0.39 is 23.7 Å². The van der Waals surface area contributed by atoms with E-state index in [4.69, 9.17) is 29.9 Å². The van der Waals surface area contributed by atoms with Crippen LogP contribution in [0.4, 0.5) is 9.59 Å². The van der Waals surface area contributed by atoms with Crippen LogP contribution in [0.15, 0.2) is 0 Å². The van der Waals surface area contributed by atoms with Crippen LogP contribution in [0.3, 0.4) is 0 Å². The maximum absolute atomic E-state index is 10.3. The topological polar surface area (TPSA) is 123 Å². The van der Waals surface area contributed by atoms with Crippen LogP contribution in [0.2, 0.25) is 0 Å². The highest BCUT2D eigenvalue weighted by Crippen LogP contribution is 2.24. The molecule has 0 heterocycles. The maximum Gasteiger partial charge on any atom is 0.508 e. The first kappa shape index (κ1) is 19.8. The molecule has 0 aliphatic rings. The molecule has 0 aromatic heterocycles. The van der Waals surface area contributed by atoms with E-state index in [2.05, 4.69) is 4.74 Å². The Morgan fingerprint density at radius 3 is 1.58 bits per heavy atom. The van der Waals surface area contributed by atoms with Gasteiger partial charge in [0, 0.05) is 13.8 Å². The fourth-order valence-corrected chi connectivity index (χ4v) is 0.531. The summed E-state index contributed by atoms with van der Waals surface area (Å²) < 4.78 is 4.48. The predicted octanol–water partition coefficient (Wildman–Crippen LogP) is 3.02. The highest BCUT2D eigenvalue weighted by atomic mass is 17.2. The lowest BCUT2D eigenvalue weighted by Crippen LogP contribution is -2.38. The monoisotopic (exact) mass is 282 g/mol. The summed E-state index contributed by atoms with van der Waals surface area (Å²) in [4.78, 5) is 29.0. The van der Waals surface area contributed by atoms with Crippen molar-refractivity contribution in [1.82, 2.24) is 0 Å². The molecule has 8 heteroatoms. The Bertz CT molecular complexity index is 291. The van der Waals surface area contributed by atoms with Gasteiger partial charge in [0.25, 0.3) is 0 Å². The standard InChI is InChI=1S/C10H20O5.CH2O3/c1-7(2)9(3,4)14-15-10(5,6)13-8(11)12;2-1(3)4/h7H,1-6H3,(H,11,12);(H2,2,3,4). The van der Waals surface area contributed by atoms with Gasteiger partial charge in [-0.05, 0) is 19.8 Å². The Hall–Kier alpha value is -1.54. The molecular weight excluding hydrogens is 260 g/mol.